The van der Waals surface area contributed by atoms with Crippen LogP contribution in [0.1, 0.15) is 22.3 Å². The Bertz CT molecular complexity index is 543. The average Bonchev–Trinajstić information content (AvgIpc) is 2.26. The normalized spacial score (nSPS) is 11.3. The summed E-state index contributed by atoms with van der Waals surface area (Å²) >= 11 is 0. The van der Waals surface area contributed by atoms with Crippen molar-refractivity contribution in [2.75, 3.05) is 12.3 Å². The first kappa shape index (κ1) is 14.6. The molecule has 1 aromatic carbocycles. The van der Waals surface area contributed by atoms with Crippen molar-refractivity contribution >= 4 is 15.9 Å². The lowest BCUT2D eigenvalue weighted by Gasteiger charge is -2.07. The summed E-state index contributed by atoms with van der Waals surface area (Å²) < 4.78 is 34.3. The summed E-state index contributed by atoms with van der Waals surface area (Å²) in [6.45, 7) is 1.86. The second-order valence-electron chi connectivity index (χ2n) is 3.94. The van der Waals surface area contributed by atoms with E-state index in [1.165, 1.54) is 12.1 Å². The monoisotopic (exact) mass is 274 g/mol. The molecule has 1 aromatic rings. The van der Waals surface area contributed by atoms with E-state index in [9.17, 15) is 17.6 Å². The Kier molecular flexibility index (Phi) is 4.80. The Labute approximate surface area is 105 Å². The Morgan fingerprint density at radius 1 is 1.44 bits per heavy atom. The molecule has 1 amide bonds. The molecule has 0 saturated heterocycles. The molecule has 0 aliphatic heterocycles. The number of carbonyl (C=O) groups is 1. The van der Waals surface area contributed by atoms with Crippen LogP contribution in [-0.2, 0) is 10.0 Å². The molecule has 5 nitrogen and oxygen atoms in total. The van der Waals surface area contributed by atoms with Gasteiger partial charge in [-0.1, -0.05) is 6.07 Å². The molecule has 0 saturated carbocycles. The smallest absolute Gasteiger partial charge is 0.251 e. The van der Waals surface area contributed by atoms with Crippen LogP contribution in [0.2, 0.25) is 0 Å². The van der Waals surface area contributed by atoms with Crippen LogP contribution in [0.4, 0.5) is 4.39 Å². The van der Waals surface area contributed by atoms with Gasteiger partial charge in [0.25, 0.3) is 5.91 Å². The maximum atomic E-state index is 13.0. The van der Waals surface area contributed by atoms with E-state index in [-0.39, 0.29) is 24.3 Å². The lowest BCUT2D eigenvalue weighted by molar-refractivity contribution is 0.0952. The molecule has 0 unspecified atom stereocenters. The van der Waals surface area contributed by atoms with Gasteiger partial charge in [0.15, 0.2) is 0 Å². The van der Waals surface area contributed by atoms with Gasteiger partial charge in [-0.15, -0.1) is 0 Å². The van der Waals surface area contributed by atoms with Crippen molar-refractivity contribution in [3.8, 4) is 0 Å². The van der Waals surface area contributed by atoms with Gasteiger partial charge < -0.3 is 5.32 Å². The van der Waals surface area contributed by atoms with Gasteiger partial charge in [0.1, 0.15) is 5.82 Å². The van der Waals surface area contributed by atoms with E-state index in [2.05, 4.69) is 5.32 Å². The first-order valence-electron chi connectivity index (χ1n) is 5.34. The zero-order chi connectivity index (χ0) is 13.8. The lowest BCUT2D eigenvalue weighted by Crippen LogP contribution is -2.27. The molecule has 100 valence electrons. The maximum Gasteiger partial charge on any atom is 0.251 e. The predicted octanol–water partition coefficient (Wildman–Crippen LogP) is 0.543. The van der Waals surface area contributed by atoms with Crippen LogP contribution in [0.15, 0.2) is 18.2 Å². The Hall–Kier alpha value is -1.47. The number of carbonyl (C=O) groups excluding carboxylic acids is 1. The van der Waals surface area contributed by atoms with Crippen LogP contribution in [-0.4, -0.2) is 26.6 Å². The summed E-state index contributed by atoms with van der Waals surface area (Å²) in [5.74, 6) is -1.12. The topological polar surface area (TPSA) is 89.3 Å². The third-order valence-corrected chi connectivity index (χ3v) is 3.19. The third kappa shape index (κ3) is 4.80. The van der Waals surface area contributed by atoms with Gasteiger partial charge in [-0.25, -0.2) is 17.9 Å². The highest BCUT2D eigenvalue weighted by atomic mass is 32.2. The van der Waals surface area contributed by atoms with Gasteiger partial charge >= 0.3 is 0 Å². The second-order valence-corrected chi connectivity index (χ2v) is 5.67. The van der Waals surface area contributed by atoms with Gasteiger partial charge in [-0.3, -0.25) is 4.79 Å². The Morgan fingerprint density at radius 3 is 2.72 bits per heavy atom. The number of halogens is 1. The second kappa shape index (κ2) is 5.92. The zero-order valence-electron chi connectivity index (χ0n) is 9.94. The number of hydrogen-bond acceptors (Lipinski definition) is 3. The molecule has 0 aliphatic carbocycles. The standard InChI is InChI=1S/C11H15FN2O3S/c1-8-3-4-9(12)7-10(8)11(15)14-5-2-6-18(13,16)17/h3-4,7H,2,5-6H2,1H3,(H,14,15)(H2,13,16,17). The van der Waals surface area contributed by atoms with Gasteiger partial charge in [-0.05, 0) is 31.0 Å². The van der Waals surface area contributed by atoms with Gasteiger partial charge in [0, 0.05) is 12.1 Å². The van der Waals surface area contributed by atoms with E-state index in [4.69, 9.17) is 5.14 Å². The summed E-state index contributed by atoms with van der Waals surface area (Å²) in [4.78, 5) is 11.7. The van der Waals surface area contributed by atoms with E-state index >= 15 is 0 Å². The third-order valence-electron chi connectivity index (χ3n) is 2.34. The minimum Gasteiger partial charge on any atom is -0.352 e. The van der Waals surface area contributed by atoms with Crippen LogP contribution in [0.25, 0.3) is 0 Å². The highest BCUT2D eigenvalue weighted by Gasteiger charge is 2.10. The van der Waals surface area contributed by atoms with Crippen molar-refractivity contribution in [1.82, 2.24) is 5.32 Å². The maximum absolute atomic E-state index is 13.0. The number of primary sulfonamides is 1. The van der Waals surface area contributed by atoms with Crippen LogP contribution in [0.5, 0.6) is 0 Å². The molecule has 0 heterocycles. The number of hydrogen-bond donors (Lipinski definition) is 2. The number of aryl methyl sites for hydroxylation is 1. The molecule has 0 bridgehead atoms. The average molecular weight is 274 g/mol. The summed E-state index contributed by atoms with van der Waals surface area (Å²) in [6.07, 6.45) is 0.221. The molecule has 18 heavy (non-hydrogen) atoms. The van der Waals surface area contributed by atoms with E-state index in [0.717, 1.165) is 6.07 Å². The van der Waals surface area contributed by atoms with E-state index in [1.807, 2.05) is 0 Å². The predicted molar refractivity (Wildman–Crippen MR) is 66.1 cm³/mol. The van der Waals surface area contributed by atoms with Gasteiger partial charge in [0.05, 0.1) is 5.75 Å². The fourth-order valence-electron chi connectivity index (χ4n) is 1.41. The van der Waals surface area contributed by atoms with E-state index < -0.39 is 21.7 Å². The molecule has 0 radical (unpaired) electrons. The minimum atomic E-state index is -3.51. The zero-order valence-corrected chi connectivity index (χ0v) is 10.8. The van der Waals surface area contributed by atoms with Crippen molar-refractivity contribution in [3.63, 3.8) is 0 Å². The first-order chi connectivity index (χ1) is 8.29. The lowest BCUT2D eigenvalue weighted by atomic mass is 10.1. The summed E-state index contributed by atoms with van der Waals surface area (Å²) in [7, 11) is -3.51. The molecule has 0 atom stereocenters. The molecular formula is C11H15FN2O3S. The molecule has 0 aliphatic rings. The molecule has 0 fully saturated rings. The van der Waals surface area contributed by atoms with E-state index in [1.54, 1.807) is 6.92 Å². The summed E-state index contributed by atoms with van der Waals surface area (Å²) in [5.41, 5.74) is 0.894. The minimum absolute atomic E-state index is 0.172. The molecule has 0 aromatic heterocycles. The Morgan fingerprint density at radius 2 is 2.11 bits per heavy atom. The van der Waals surface area contributed by atoms with E-state index in [0.29, 0.717) is 5.56 Å². The fraction of sp³-hybridized carbons (Fsp3) is 0.364. The fourth-order valence-corrected chi connectivity index (χ4v) is 1.96. The molecule has 7 heteroatoms. The van der Waals surface area contributed by atoms with Crippen molar-refractivity contribution in [3.05, 3.63) is 35.1 Å². The summed E-state index contributed by atoms with van der Waals surface area (Å²) in [5, 5.41) is 7.33. The van der Waals surface area contributed by atoms with Crippen LogP contribution >= 0.6 is 0 Å². The number of rotatable bonds is 5. The number of sulfonamides is 1. The molecule has 3 N–H and O–H groups in total. The quantitative estimate of drug-likeness (QED) is 0.768. The SMILES string of the molecule is Cc1ccc(F)cc1C(=O)NCCCS(N)(=O)=O. The highest BCUT2D eigenvalue weighted by molar-refractivity contribution is 7.89. The summed E-state index contributed by atoms with van der Waals surface area (Å²) in [6, 6.07) is 3.92. The van der Waals surface area contributed by atoms with Crippen LogP contribution < -0.4 is 10.5 Å². The number of benzene rings is 1. The Balaban J connectivity index is 2.53. The largest absolute Gasteiger partial charge is 0.352 e. The molecule has 1 rings (SSSR count). The van der Waals surface area contributed by atoms with Crippen LogP contribution in [0, 0.1) is 12.7 Å². The van der Waals surface area contributed by atoms with Crippen LogP contribution in [0.3, 0.4) is 0 Å². The molecular weight excluding hydrogens is 259 g/mol. The van der Waals surface area contributed by atoms with Gasteiger partial charge in [-0.2, -0.15) is 0 Å². The van der Waals surface area contributed by atoms with Crippen molar-refractivity contribution in [2.45, 2.75) is 13.3 Å². The van der Waals surface area contributed by atoms with Crippen molar-refractivity contribution < 1.29 is 17.6 Å². The van der Waals surface area contributed by atoms with Gasteiger partial charge in [0.2, 0.25) is 10.0 Å². The number of nitrogens with one attached hydrogen (secondary N) is 1. The first-order valence-corrected chi connectivity index (χ1v) is 7.06. The van der Waals surface area contributed by atoms with Crippen molar-refractivity contribution in [2.24, 2.45) is 5.14 Å². The number of amides is 1. The molecule has 0 spiro atoms. The van der Waals surface area contributed by atoms with Crippen molar-refractivity contribution in [1.29, 1.82) is 0 Å². The highest BCUT2D eigenvalue weighted by Crippen LogP contribution is 2.09. The number of nitrogens with two attached hydrogens (primary N) is 1.